The van der Waals surface area contributed by atoms with Gasteiger partial charge in [0.15, 0.2) is 0 Å². The van der Waals surface area contributed by atoms with Crippen molar-refractivity contribution in [2.45, 2.75) is 270 Å². The highest BCUT2D eigenvalue weighted by atomic mass is 16.5. The molecule has 3 N–H and O–H groups in total. The lowest BCUT2D eigenvalue weighted by atomic mass is 10.0. The number of aliphatic hydroxyl groups excluding tert-OH is 2. The van der Waals surface area contributed by atoms with Gasteiger partial charge in [0.1, 0.15) is 6.10 Å². The van der Waals surface area contributed by atoms with Gasteiger partial charge in [0.05, 0.1) is 25.2 Å². The third-order valence-electron chi connectivity index (χ3n) is 11.4. The highest BCUT2D eigenvalue weighted by Crippen LogP contribution is 2.17. The number of rotatable bonds is 45. The van der Waals surface area contributed by atoms with Crippen molar-refractivity contribution in [2.75, 3.05) is 6.61 Å². The molecule has 0 saturated carbocycles. The molecule has 3 unspecified atom stereocenters. The number of ether oxygens (including phenoxy) is 1. The summed E-state index contributed by atoms with van der Waals surface area (Å²) in [4.78, 5) is 26.0. The molecule has 0 aliphatic rings. The first-order chi connectivity index (χ1) is 29.0. The molecule has 0 spiro atoms. The van der Waals surface area contributed by atoms with Crippen LogP contribution in [0.4, 0.5) is 0 Å². The molecule has 0 aliphatic heterocycles. The van der Waals surface area contributed by atoms with E-state index in [4.69, 9.17) is 4.74 Å². The van der Waals surface area contributed by atoms with Crippen molar-refractivity contribution in [2.24, 2.45) is 0 Å². The van der Waals surface area contributed by atoms with Crippen LogP contribution in [0.15, 0.2) is 48.6 Å². The van der Waals surface area contributed by atoms with Gasteiger partial charge in [0.2, 0.25) is 5.91 Å². The smallest absolute Gasteiger partial charge is 0.306 e. The summed E-state index contributed by atoms with van der Waals surface area (Å²) in [6.45, 7) is 6.43. The Morgan fingerprint density at radius 3 is 1.34 bits per heavy atom. The van der Waals surface area contributed by atoms with E-state index in [-0.39, 0.29) is 24.9 Å². The summed E-state index contributed by atoms with van der Waals surface area (Å²) in [5.41, 5.74) is 0. The number of aliphatic hydroxyl groups is 2. The van der Waals surface area contributed by atoms with Crippen molar-refractivity contribution in [3.63, 3.8) is 0 Å². The zero-order valence-corrected chi connectivity index (χ0v) is 39.1. The fourth-order valence-corrected chi connectivity index (χ4v) is 7.54. The van der Waals surface area contributed by atoms with Gasteiger partial charge >= 0.3 is 5.97 Å². The Bertz CT molecular complexity index is 1020. The molecule has 1 amide bonds. The number of hydrogen-bond donors (Lipinski definition) is 3. The molecule has 0 bridgehead atoms. The minimum Gasteiger partial charge on any atom is -0.462 e. The van der Waals surface area contributed by atoms with Crippen molar-refractivity contribution in [1.82, 2.24) is 5.32 Å². The maximum absolute atomic E-state index is 13.2. The van der Waals surface area contributed by atoms with Crippen LogP contribution in [0.2, 0.25) is 0 Å². The number of allylic oxidation sites excluding steroid dienone is 8. The average Bonchev–Trinajstić information content (AvgIpc) is 3.23. The summed E-state index contributed by atoms with van der Waals surface area (Å²) in [6.07, 6.45) is 56.0. The highest BCUT2D eigenvalue weighted by molar-refractivity contribution is 5.77. The van der Waals surface area contributed by atoms with Gasteiger partial charge in [-0.2, -0.15) is 0 Å². The van der Waals surface area contributed by atoms with Gasteiger partial charge in [-0.05, 0) is 64.2 Å². The summed E-state index contributed by atoms with van der Waals surface area (Å²) >= 11 is 0. The predicted molar refractivity (Wildman–Crippen MR) is 255 cm³/mol. The van der Waals surface area contributed by atoms with E-state index in [2.05, 4.69) is 74.7 Å². The first kappa shape index (κ1) is 56.8. The van der Waals surface area contributed by atoms with Crippen LogP contribution in [0.25, 0.3) is 0 Å². The van der Waals surface area contributed by atoms with Gasteiger partial charge in [0.25, 0.3) is 0 Å². The Morgan fingerprint density at radius 2 is 0.881 bits per heavy atom. The van der Waals surface area contributed by atoms with Crippen molar-refractivity contribution >= 4 is 11.9 Å². The molecular formula is C53H97NO5. The van der Waals surface area contributed by atoms with Crippen LogP contribution >= 0.6 is 0 Å². The van der Waals surface area contributed by atoms with Gasteiger partial charge < -0.3 is 20.3 Å². The minimum atomic E-state index is -0.800. The lowest BCUT2D eigenvalue weighted by molar-refractivity contribution is -0.151. The van der Waals surface area contributed by atoms with Crippen molar-refractivity contribution < 1.29 is 24.5 Å². The summed E-state index contributed by atoms with van der Waals surface area (Å²) in [6, 6.07) is -0.716. The molecule has 0 saturated heterocycles. The third-order valence-corrected chi connectivity index (χ3v) is 11.4. The van der Waals surface area contributed by atoms with Crippen molar-refractivity contribution in [3.8, 4) is 0 Å². The summed E-state index contributed by atoms with van der Waals surface area (Å²) in [5, 5.41) is 23.7. The zero-order chi connectivity index (χ0) is 43.1. The fraction of sp³-hybridized carbons (Fsp3) is 0.811. The molecule has 0 rings (SSSR count). The molecule has 3 atom stereocenters. The molecule has 0 heterocycles. The molecular weight excluding hydrogens is 731 g/mol. The summed E-state index contributed by atoms with van der Waals surface area (Å²) in [7, 11) is 0. The number of hydrogen-bond acceptors (Lipinski definition) is 5. The van der Waals surface area contributed by atoms with Crippen molar-refractivity contribution in [3.05, 3.63) is 48.6 Å². The standard InChI is InChI=1S/C53H97NO5/c1-4-7-10-13-16-19-22-24-25-26-27-29-30-32-35-38-41-44-49(59-53(58)46-43-40-37-34-21-18-15-12-9-6-3)47-52(57)54-50(48-55)51(56)45-42-39-36-33-31-28-23-20-17-14-11-8-5-2/h16,19,24-25,27,29,32,35,49-51,55-56H,4-15,17-18,20-23,26,28,30-31,33-34,36-48H2,1-3H3,(H,54,57)/b19-16-,25-24-,29-27-,35-32-. The quantitative estimate of drug-likeness (QED) is 0.0323. The van der Waals surface area contributed by atoms with Gasteiger partial charge in [0, 0.05) is 6.42 Å². The molecule has 0 aromatic heterocycles. The van der Waals surface area contributed by atoms with Crippen LogP contribution in [0.1, 0.15) is 252 Å². The molecule has 0 aromatic carbocycles. The molecule has 344 valence electrons. The second kappa shape index (κ2) is 46.9. The fourth-order valence-electron chi connectivity index (χ4n) is 7.54. The molecule has 0 aliphatic carbocycles. The first-order valence-electron chi connectivity index (χ1n) is 25.4. The first-order valence-corrected chi connectivity index (χ1v) is 25.4. The summed E-state index contributed by atoms with van der Waals surface area (Å²) < 4.78 is 5.89. The van der Waals surface area contributed by atoms with E-state index in [1.54, 1.807) is 0 Å². The molecule has 6 heteroatoms. The number of nitrogens with one attached hydrogen (secondary N) is 1. The van der Waals surface area contributed by atoms with Crippen LogP contribution in [0.3, 0.4) is 0 Å². The number of unbranched alkanes of at least 4 members (excludes halogenated alkanes) is 25. The monoisotopic (exact) mass is 828 g/mol. The van der Waals surface area contributed by atoms with Crippen LogP contribution < -0.4 is 5.32 Å². The van der Waals surface area contributed by atoms with Gasteiger partial charge in [-0.1, -0.05) is 223 Å². The van der Waals surface area contributed by atoms with Crippen LogP contribution in [0.5, 0.6) is 0 Å². The van der Waals surface area contributed by atoms with E-state index in [1.165, 1.54) is 135 Å². The van der Waals surface area contributed by atoms with Crippen LogP contribution in [-0.2, 0) is 14.3 Å². The molecule has 0 aromatic rings. The van der Waals surface area contributed by atoms with Gasteiger partial charge in [-0.15, -0.1) is 0 Å². The van der Waals surface area contributed by atoms with Crippen LogP contribution in [-0.4, -0.2) is 46.9 Å². The number of carbonyl (C=O) groups is 2. The number of amides is 1. The Hall–Kier alpha value is -2.18. The number of carbonyl (C=O) groups excluding carboxylic acids is 2. The van der Waals surface area contributed by atoms with Crippen molar-refractivity contribution in [1.29, 1.82) is 0 Å². The molecule has 6 nitrogen and oxygen atoms in total. The third kappa shape index (κ3) is 42.3. The molecule has 0 fully saturated rings. The Balaban J connectivity index is 4.66. The normalized spacial score (nSPS) is 13.6. The SMILES string of the molecule is CCCCC/C=C\C/C=C\C/C=C\C/C=C\CCCC(CC(=O)NC(CO)C(O)CCCCCCCCCCCCCCC)OC(=O)CCCCCCCCCCCC. The lowest BCUT2D eigenvalue weighted by Crippen LogP contribution is -2.46. The van der Waals surface area contributed by atoms with E-state index < -0.39 is 18.2 Å². The van der Waals surface area contributed by atoms with E-state index in [0.717, 1.165) is 70.6 Å². The topological polar surface area (TPSA) is 95.9 Å². The molecule has 0 radical (unpaired) electrons. The maximum atomic E-state index is 13.2. The van der Waals surface area contributed by atoms with Gasteiger partial charge in [-0.25, -0.2) is 0 Å². The Kier molecular flexibility index (Phi) is 45.1. The lowest BCUT2D eigenvalue weighted by Gasteiger charge is -2.24. The second-order valence-electron chi connectivity index (χ2n) is 17.2. The molecule has 59 heavy (non-hydrogen) atoms. The van der Waals surface area contributed by atoms with Gasteiger partial charge in [-0.3, -0.25) is 9.59 Å². The summed E-state index contributed by atoms with van der Waals surface area (Å²) in [5.74, 6) is -0.524. The van der Waals surface area contributed by atoms with E-state index >= 15 is 0 Å². The Morgan fingerprint density at radius 1 is 0.492 bits per heavy atom. The van der Waals surface area contributed by atoms with E-state index in [0.29, 0.717) is 19.3 Å². The van der Waals surface area contributed by atoms with Crippen LogP contribution in [0, 0.1) is 0 Å². The highest BCUT2D eigenvalue weighted by Gasteiger charge is 2.24. The maximum Gasteiger partial charge on any atom is 0.306 e. The largest absolute Gasteiger partial charge is 0.462 e. The average molecular weight is 828 g/mol. The Labute approximate surface area is 366 Å². The predicted octanol–water partition coefficient (Wildman–Crippen LogP) is 15.1. The zero-order valence-electron chi connectivity index (χ0n) is 39.1. The minimum absolute atomic E-state index is 0.0420. The number of esters is 1. The van der Waals surface area contributed by atoms with E-state index in [9.17, 15) is 19.8 Å². The van der Waals surface area contributed by atoms with E-state index in [1.807, 2.05) is 0 Å². The second-order valence-corrected chi connectivity index (χ2v) is 17.2.